The third-order valence-corrected chi connectivity index (χ3v) is 1.86. The van der Waals surface area contributed by atoms with Gasteiger partial charge in [0.2, 0.25) is 0 Å². The first kappa shape index (κ1) is 11.4. The van der Waals surface area contributed by atoms with Crippen molar-refractivity contribution in [3.05, 3.63) is 29.8 Å². The molecule has 1 atom stereocenters. The monoisotopic (exact) mass is 215 g/mol. The van der Waals surface area contributed by atoms with Crippen LogP contribution in [0.2, 0.25) is 0 Å². The highest BCUT2D eigenvalue weighted by atomic mass is 19.2. The van der Waals surface area contributed by atoms with Crippen LogP contribution in [0, 0.1) is 11.6 Å². The molecule has 0 saturated carbocycles. The maximum atomic E-state index is 12.8. The van der Waals surface area contributed by atoms with Gasteiger partial charge in [-0.3, -0.25) is 0 Å². The standard InChI is InChI=1S/C10H11F2NO2/c1-6(10(14)15-2)13-7-3-4-8(11)9(12)5-7/h3-6,13H,1-2H3/t6-/m0/s1. The van der Waals surface area contributed by atoms with E-state index in [2.05, 4.69) is 10.1 Å². The van der Waals surface area contributed by atoms with Gasteiger partial charge in [-0.05, 0) is 19.1 Å². The number of ether oxygens (including phenoxy) is 1. The second kappa shape index (κ2) is 4.72. The number of esters is 1. The van der Waals surface area contributed by atoms with E-state index in [0.717, 1.165) is 12.1 Å². The van der Waals surface area contributed by atoms with E-state index in [9.17, 15) is 13.6 Å². The number of carbonyl (C=O) groups excluding carboxylic acids is 1. The first-order chi connectivity index (χ1) is 7.04. The van der Waals surface area contributed by atoms with E-state index in [1.54, 1.807) is 6.92 Å². The molecule has 0 bridgehead atoms. The fourth-order valence-electron chi connectivity index (χ4n) is 1.07. The normalized spacial score (nSPS) is 12.0. The second-order valence-corrected chi connectivity index (χ2v) is 3.02. The van der Waals surface area contributed by atoms with Crippen LogP contribution in [0.15, 0.2) is 18.2 Å². The summed E-state index contributed by atoms with van der Waals surface area (Å²) in [5.41, 5.74) is 0.326. The second-order valence-electron chi connectivity index (χ2n) is 3.02. The molecule has 0 aliphatic rings. The molecule has 0 aliphatic carbocycles. The molecule has 0 spiro atoms. The molecule has 0 saturated heterocycles. The SMILES string of the molecule is COC(=O)[C@H](C)Nc1ccc(F)c(F)c1. The summed E-state index contributed by atoms with van der Waals surface area (Å²) in [6.45, 7) is 1.56. The van der Waals surface area contributed by atoms with E-state index in [1.165, 1.54) is 13.2 Å². The zero-order valence-electron chi connectivity index (χ0n) is 8.38. The van der Waals surface area contributed by atoms with Crippen molar-refractivity contribution < 1.29 is 18.3 Å². The summed E-state index contributed by atoms with van der Waals surface area (Å²) in [7, 11) is 1.26. The topological polar surface area (TPSA) is 38.3 Å². The Morgan fingerprint density at radius 2 is 2.07 bits per heavy atom. The molecule has 1 aromatic carbocycles. The van der Waals surface area contributed by atoms with Gasteiger partial charge < -0.3 is 10.1 Å². The summed E-state index contributed by atoms with van der Waals surface area (Å²) in [6.07, 6.45) is 0. The average molecular weight is 215 g/mol. The van der Waals surface area contributed by atoms with Gasteiger partial charge in [-0.25, -0.2) is 13.6 Å². The lowest BCUT2D eigenvalue weighted by Gasteiger charge is -2.12. The summed E-state index contributed by atoms with van der Waals surface area (Å²) >= 11 is 0. The van der Waals surface area contributed by atoms with Crippen LogP contribution in [0.3, 0.4) is 0 Å². The van der Waals surface area contributed by atoms with Gasteiger partial charge in [0.15, 0.2) is 11.6 Å². The van der Waals surface area contributed by atoms with Crippen molar-refractivity contribution in [2.24, 2.45) is 0 Å². The number of carbonyl (C=O) groups is 1. The van der Waals surface area contributed by atoms with Crippen LogP contribution in [0.5, 0.6) is 0 Å². The molecule has 0 heterocycles. The molecule has 0 aromatic heterocycles. The van der Waals surface area contributed by atoms with E-state index in [0.29, 0.717) is 5.69 Å². The van der Waals surface area contributed by atoms with Gasteiger partial charge in [0.25, 0.3) is 0 Å². The molecule has 3 nitrogen and oxygen atoms in total. The largest absolute Gasteiger partial charge is 0.467 e. The van der Waals surface area contributed by atoms with Crippen molar-refractivity contribution in [3.8, 4) is 0 Å². The number of halogens is 2. The van der Waals surface area contributed by atoms with E-state index in [4.69, 9.17) is 0 Å². The summed E-state index contributed by atoms with van der Waals surface area (Å²) in [5, 5.41) is 2.68. The number of anilines is 1. The van der Waals surface area contributed by atoms with Crippen LogP contribution in [-0.2, 0) is 9.53 Å². The van der Waals surface area contributed by atoms with Gasteiger partial charge in [0, 0.05) is 11.8 Å². The first-order valence-corrected chi connectivity index (χ1v) is 4.34. The minimum absolute atomic E-state index is 0.326. The van der Waals surface area contributed by atoms with Crippen molar-refractivity contribution >= 4 is 11.7 Å². The van der Waals surface area contributed by atoms with Crippen molar-refractivity contribution in [1.29, 1.82) is 0 Å². The van der Waals surface area contributed by atoms with Crippen LogP contribution < -0.4 is 5.32 Å². The Hall–Kier alpha value is -1.65. The molecule has 0 aliphatic heterocycles. The van der Waals surface area contributed by atoms with Crippen LogP contribution >= 0.6 is 0 Å². The van der Waals surface area contributed by atoms with Crippen molar-refractivity contribution in [1.82, 2.24) is 0 Å². The molecule has 0 amide bonds. The number of methoxy groups -OCH3 is 1. The highest BCUT2D eigenvalue weighted by molar-refractivity contribution is 5.78. The van der Waals surface area contributed by atoms with E-state index in [1.807, 2.05) is 0 Å². The maximum Gasteiger partial charge on any atom is 0.327 e. The molecule has 1 rings (SSSR count). The third-order valence-electron chi connectivity index (χ3n) is 1.86. The lowest BCUT2D eigenvalue weighted by Crippen LogP contribution is -2.27. The summed E-state index contributed by atoms with van der Waals surface area (Å²) < 4.78 is 29.8. The molecule has 0 radical (unpaired) electrons. The Balaban J connectivity index is 2.73. The Labute approximate surface area is 86.0 Å². The van der Waals surface area contributed by atoms with Gasteiger partial charge in [-0.1, -0.05) is 0 Å². The highest BCUT2D eigenvalue weighted by Crippen LogP contribution is 2.14. The van der Waals surface area contributed by atoms with Gasteiger partial charge >= 0.3 is 5.97 Å². The van der Waals surface area contributed by atoms with Crippen LogP contribution in [0.1, 0.15) is 6.92 Å². The molecule has 15 heavy (non-hydrogen) atoms. The number of rotatable bonds is 3. The molecule has 0 fully saturated rings. The smallest absolute Gasteiger partial charge is 0.327 e. The average Bonchev–Trinajstić information content (AvgIpc) is 2.22. The molecular formula is C10H11F2NO2. The summed E-state index contributed by atoms with van der Waals surface area (Å²) in [4.78, 5) is 11.0. The van der Waals surface area contributed by atoms with Gasteiger partial charge in [0.05, 0.1) is 7.11 Å². The van der Waals surface area contributed by atoms with Gasteiger partial charge in [0.1, 0.15) is 6.04 Å². The minimum atomic E-state index is -0.961. The number of nitrogens with one attached hydrogen (secondary N) is 1. The van der Waals surface area contributed by atoms with Crippen LogP contribution in [0.25, 0.3) is 0 Å². The fraction of sp³-hybridized carbons (Fsp3) is 0.300. The Morgan fingerprint density at radius 3 is 2.60 bits per heavy atom. The van der Waals surface area contributed by atoms with Gasteiger partial charge in [-0.15, -0.1) is 0 Å². The lowest BCUT2D eigenvalue weighted by molar-refractivity contribution is -0.141. The van der Waals surface area contributed by atoms with E-state index in [-0.39, 0.29) is 0 Å². The molecule has 1 aromatic rings. The third kappa shape index (κ3) is 2.90. The predicted octanol–water partition coefficient (Wildman–Crippen LogP) is 1.94. The quantitative estimate of drug-likeness (QED) is 0.783. The maximum absolute atomic E-state index is 12.8. The van der Waals surface area contributed by atoms with Crippen molar-refractivity contribution in [2.45, 2.75) is 13.0 Å². The Bertz CT molecular complexity index is 368. The molecular weight excluding hydrogens is 204 g/mol. The van der Waals surface area contributed by atoms with Crippen LogP contribution in [-0.4, -0.2) is 19.1 Å². The molecule has 0 unspecified atom stereocenters. The number of benzene rings is 1. The van der Waals surface area contributed by atoms with E-state index >= 15 is 0 Å². The van der Waals surface area contributed by atoms with E-state index < -0.39 is 23.6 Å². The number of hydrogen-bond donors (Lipinski definition) is 1. The number of hydrogen-bond acceptors (Lipinski definition) is 3. The summed E-state index contributed by atoms with van der Waals surface area (Å²) in [6, 6.07) is 2.70. The Kier molecular flexibility index (Phi) is 3.60. The predicted molar refractivity (Wildman–Crippen MR) is 51.5 cm³/mol. The van der Waals surface area contributed by atoms with Crippen LogP contribution in [0.4, 0.5) is 14.5 Å². The zero-order valence-corrected chi connectivity index (χ0v) is 8.38. The fourth-order valence-corrected chi connectivity index (χ4v) is 1.07. The molecule has 82 valence electrons. The highest BCUT2D eigenvalue weighted by Gasteiger charge is 2.13. The lowest BCUT2D eigenvalue weighted by atomic mass is 10.2. The summed E-state index contributed by atoms with van der Waals surface area (Å²) in [5.74, 6) is -2.36. The molecule has 5 heteroatoms. The zero-order chi connectivity index (χ0) is 11.4. The van der Waals surface area contributed by atoms with Crippen molar-refractivity contribution in [2.75, 3.05) is 12.4 Å². The Morgan fingerprint density at radius 1 is 1.40 bits per heavy atom. The first-order valence-electron chi connectivity index (χ1n) is 4.34. The van der Waals surface area contributed by atoms with Gasteiger partial charge in [-0.2, -0.15) is 0 Å². The minimum Gasteiger partial charge on any atom is -0.467 e. The molecule has 1 N–H and O–H groups in total. The van der Waals surface area contributed by atoms with Crippen molar-refractivity contribution in [3.63, 3.8) is 0 Å².